The highest BCUT2D eigenvalue weighted by atomic mass is 35.5. The SMILES string of the molecule is [2H]C([2H])([2H])N(C/C=C\C(=O)Nc1cc2c(Nc3ccc(F)c(Cl)c3)ncnc2cc1O[C@H]1CCOC1)C([2H])([2H])[2H]. The second kappa shape index (κ2) is 10.8. The van der Waals surface area contributed by atoms with E-state index in [4.69, 9.17) is 29.3 Å². The van der Waals surface area contributed by atoms with Crippen LogP contribution < -0.4 is 15.4 Å². The van der Waals surface area contributed by atoms with Gasteiger partial charge in [-0.2, -0.15) is 0 Å². The lowest BCUT2D eigenvalue weighted by Gasteiger charge is -2.17. The summed E-state index contributed by atoms with van der Waals surface area (Å²) in [6.07, 6.45) is 3.91. The van der Waals surface area contributed by atoms with Gasteiger partial charge in [-0.3, -0.25) is 4.79 Å². The van der Waals surface area contributed by atoms with E-state index < -0.39 is 32.2 Å². The number of carbonyl (C=O) groups is 1. The predicted octanol–water partition coefficient (Wildman–Crippen LogP) is 4.39. The molecular weight excluding hydrogens is 461 g/mol. The smallest absolute Gasteiger partial charge is 0.248 e. The van der Waals surface area contributed by atoms with Crippen molar-refractivity contribution in [3.63, 3.8) is 0 Å². The molecule has 3 aromatic rings. The van der Waals surface area contributed by atoms with Crippen molar-refractivity contribution in [1.29, 1.82) is 0 Å². The Bertz CT molecular complexity index is 1400. The summed E-state index contributed by atoms with van der Waals surface area (Å²) in [6, 6.07) is 7.32. The van der Waals surface area contributed by atoms with Gasteiger partial charge in [-0.25, -0.2) is 14.4 Å². The number of likely N-dealkylation sites (N-methyl/N-ethyl adjacent to an activating group) is 1. The minimum Gasteiger partial charge on any atom is -0.486 e. The number of halogens is 2. The maximum absolute atomic E-state index is 13.6. The Morgan fingerprint density at radius 1 is 1.38 bits per heavy atom. The molecule has 0 spiro atoms. The zero-order valence-corrected chi connectivity index (χ0v) is 18.6. The van der Waals surface area contributed by atoms with Gasteiger partial charge in [0.15, 0.2) is 0 Å². The Kier molecular flexibility index (Phi) is 5.45. The van der Waals surface area contributed by atoms with Crippen LogP contribution in [0.3, 0.4) is 0 Å². The van der Waals surface area contributed by atoms with Crippen molar-refractivity contribution < 1.29 is 26.9 Å². The summed E-state index contributed by atoms with van der Waals surface area (Å²) >= 11 is 5.90. The zero-order valence-electron chi connectivity index (χ0n) is 23.8. The molecule has 0 unspecified atom stereocenters. The van der Waals surface area contributed by atoms with Gasteiger partial charge in [-0.05, 0) is 38.2 Å². The lowest BCUT2D eigenvalue weighted by molar-refractivity contribution is -0.111. The van der Waals surface area contributed by atoms with Crippen LogP contribution >= 0.6 is 11.6 Å². The number of rotatable bonds is 8. The number of ether oxygens (including phenoxy) is 2. The standard InChI is InChI=1S/C24H25ClFN5O3/c1-31(2)8-3-4-23(32)30-21-11-17-20(12-22(21)34-16-7-9-33-13-16)27-14-28-24(17)29-15-5-6-19(26)18(25)10-15/h3-6,10-12,14,16H,7-9,13H2,1-2H3,(H,30,32)(H,27,28,29)/b4-3-/t16-/m0/s1/i1D3,2D3. The molecule has 0 aliphatic carbocycles. The minimum absolute atomic E-state index is 0.0758. The molecule has 1 aliphatic heterocycles. The number of amides is 1. The second-order valence-electron chi connectivity index (χ2n) is 7.45. The summed E-state index contributed by atoms with van der Waals surface area (Å²) in [5.74, 6) is -0.567. The molecule has 1 saturated heterocycles. The van der Waals surface area contributed by atoms with E-state index in [1.807, 2.05) is 0 Å². The van der Waals surface area contributed by atoms with Crippen molar-refractivity contribution in [2.24, 2.45) is 0 Å². The van der Waals surface area contributed by atoms with Crippen LogP contribution in [-0.2, 0) is 9.53 Å². The van der Waals surface area contributed by atoms with Crippen molar-refractivity contribution in [3.05, 3.63) is 59.7 Å². The fourth-order valence-corrected chi connectivity index (χ4v) is 3.49. The first-order valence-corrected chi connectivity index (χ1v) is 10.7. The van der Waals surface area contributed by atoms with Crippen LogP contribution in [0.25, 0.3) is 10.9 Å². The van der Waals surface area contributed by atoms with Crippen molar-refractivity contribution in [1.82, 2.24) is 14.9 Å². The molecule has 2 N–H and O–H groups in total. The Balaban J connectivity index is 1.63. The molecule has 1 aliphatic rings. The van der Waals surface area contributed by atoms with Gasteiger partial charge < -0.3 is 25.0 Å². The fraction of sp³-hybridized carbons (Fsp3) is 0.292. The number of fused-ring (bicyclic) bond motifs is 1. The largest absolute Gasteiger partial charge is 0.486 e. The number of hydrogen-bond acceptors (Lipinski definition) is 7. The molecule has 34 heavy (non-hydrogen) atoms. The van der Waals surface area contributed by atoms with Gasteiger partial charge in [0.25, 0.3) is 0 Å². The molecule has 1 aromatic heterocycles. The molecule has 2 aromatic carbocycles. The third-order valence-corrected chi connectivity index (χ3v) is 5.21. The molecule has 1 atom stereocenters. The Morgan fingerprint density at radius 2 is 2.26 bits per heavy atom. The lowest BCUT2D eigenvalue weighted by atomic mass is 10.1. The molecule has 1 fully saturated rings. The number of benzene rings is 2. The van der Waals surface area contributed by atoms with E-state index in [1.54, 1.807) is 12.1 Å². The van der Waals surface area contributed by atoms with E-state index in [1.165, 1.54) is 24.5 Å². The van der Waals surface area contributed by atoms with E-state index in [9.17, 15) is 9.18 Å². The highest BCUT2D eigenvalue weighted by Crippen LogP contribution is 2.35. The van der Waals surface area contributed by atoms with Crippen LogP contribution in [0.1, 0.15) is 14.6 Å². The van der Waals surface area contributed by atoms with Crippen molar-refractivity contribution in [3.8, 4) is 5.75 Å². The zero-order chi connectivity index (χ0) is 29.1. The van der Waals surface area contributed by atoms with Gasteiger partial charge in [-0.15, -0.1) is 0 Å². The van der Waals surface area contributed by atoms with Gasteiger partial charge in [0.1, 0.15) is 29.8 Å². The summed E-state index contributed by atoms with van der Waals surface area (Å²) in [6.45, 7) is -5.38. The molecule has 10 heteroatoms. The van der Waals surface area contributed by atoms with E-state index in [2.05, 4.69) is 20.6 Å². The maximum Gasteiger partial charge on any atom is 0.248 e. The average Bonchev–Trinajstić information content (AvgIpc) is 3.36. The molecule has 4 rings (SSSR count). The Morgan fingerprint density at radius 3 is 3.03 bits per heavy atom. The van der Waals surface area contributed by atoms with Gasteiger partial charge in [0.05, 0.1) is 29.4 Å². The monoisotopic (exact) mass is 491 g/mol. The number of nitrogens with zero attached hydrogens (tertiary/aromatic N) is 3. The van der Waals surface area contributed by atoms with Gasteiger partial charge >= 0.3 is 0 Å². The molecule has 0 radical (unpaired) electrons. The van der Waals surface area contributed by atoms with Crippen molar-refractivity contribution >= 4 is 45.6 Å². The van der Waals surface area contributed by atoms with E-state index in [0.29, 0.717) is 52.7 Å². The summed E-state index contributed by atoms with van der Waals surface area (Å²) in [5, 5.41) is 6.17. The molecule has 8 nitrogen and oxygen atoms in total. The van der Waals surface area contributed by atoms with Gasteiger partial charge in [0, 0.05) is 44.4 Å². The summed E-state index contributed by atoms with van der Waals surface area (Å²) < 4.78 is 69.7. The molecule has 178 valence electrons. The molecule has 1 amide bonds. The normalized spacial score (nSPS) is 19.2. The maximum atomic E-state index is 13.6. The van der Waals surface area contributed by atoms with Crippen LogP contribution in [0.5, 0.6) is 5.75 Å². The van der Waals surface area contributed by atoms with Crippen LogP contribution in [-0.4, -0.2) is 60.6 Å². The third kappa shape index (κ3) is 5.99. The van der Waals surface area contributed by atoms with E-state index >= 15 is 0 Å². The van der Waals surface area contributed by atoms with Crippen molar-refractivity contribution in [2.75, 3.05) is 44.3 Å². The van der Waals surface area contributed by atoms with Crippen molar-refractivity contribution in [2.45, 2.75) is 12.5 Å². The molecule has 2 heterocycles. The Labute approximate surface area is 210 Å². The fourth-order valence-electron chi connectivity index (χ4n) is 3.31. The average molecular weight is 492 g/mol. The Hall–Kier alpha value is -3.27. The highest BCUT2D eigenvalue weighted by Gasteiger charge is 2.20. The first-order chi connectivity index (χ1) is 18.8. The number of hydrogen-bond donors (Lipinski definition) is 2. The summed E-state index contributed by atoms with van der Waals surface area (Å²) in [4.78, 5) is 21.7. The number of aromatic nitrogens is 2. The first kappa shape index (κ1) is 17.2. The number of nitrogens with one attached hydrogen (secondary N) is 2. The first-order valence-electron chi connectivity index (χ1n) is 13.3. The molecule has 0 saturated carbocycles. The minimum atomic E-state index is -2.88. The molecule has 0 bridgehead atoms. The van der Waals surface area contributed by atoms with E-state index in [0.717, 1.165) is 12.2 Å². The van der Waals surface area contributed by atoms with E-state index in [-0.39, 0.29) is 16.8 Å². The van der Waals surface area contributed by atoms with Crippen LogP contribution in [0, 0.1) is 5.82 Å². The van der Waals surface area contributed by atoms with Crippen LogP contribution in [0.4, 0.5) is 21.6 Å². The highest BCUT2D eigenvalue weighted by molar-refractivity contribution is 6.31. The van der Waals surface area contributed by atoms with Crippen LogP contribution in [0.15, 0.2) is 48.8 Å². The number of anilines is 3. The number of carbonyl (C=O) groups excluding carboxylic acids is 1. The van der Waals surface area contributed by atoms with Gasteiger partial charge in [-0.1, -0.05) is 17.7 Å². The summed E-state index contributed by atoms with van der Waals surface area (Å²) in [5.41, 5.74) is 1.21. The predicted molar refractivity (Wildman–Crippen MR) is 130 cm³/mol. The lowest BCUT2D eigenvalue weighted by Crippen LogP contribution is -2.18. The van der Waals surface area contributed by atoms with Gasteiger partial charge in [0.2, 0.25) is 5.91 Å². The summed E-state index contributed by atoms with van der Waals surface area (Å²) in [7, 11) is 0. The third-order valence-electron chi connectivity index (χ3n) is 4.92. The second-order valence-corrected chi connectivity index (χ2v) is 7.85. The molecular formula is C24H25ClFN5O3. The topological polar surface area (TPSA) is 88.6 Å². The van der Waals surface area contributed by atoms with Crippen LogP contribution in [0.2, 0.25) is 5.02 Å². The quantitative estimate of drug-likeness (QED) is 0.452.